The molecule has 3 N–H and O–H groups in total. The van der Waals surface area contributed by atoms with E-state index in [0.29, 0.717) is 16.9 Å². The Bertz CT molecular complexity index is 508. The third-order valence-corrected chi connectivity index (χ3v) is 4.76. The molecule has 0 bridgehead atoms. The van der Waals surface area contributed by atoms with E-state index in [0.717, 1.165) is 5.69 Å². The Labute approximate surface area is 128 Å². The second-order valence-corrected chi connectivity index (χ2v) is 6.54. The van der Waals surface area contributed by atoms with Gasteiger partial charge in [0.15, 0.2) is 0 Å². The Balaban J connectivity index is 2.20. The van der Waals surface area contributed by atoms with Gasteiger partial charge in [0.2, 0.25) is 0 Å². The van der Waals surface area contributed by atoms with Crippen LogP contribution >= 0.6 is 15.9 Å². The van der Waals surface area contributed by atoms with Gasteiger partial charge in [-0.25, -0.2) is 4.68 Å². The van der Waals surface area contributed by atoms with Crippen LogP contribution in [0.15, 0.2) is 15.5 Å². The van der Waals surface area contributed by atoms with Crippen molar-refractivity contribution in [3.05, 3.63) is 21.0 Å². The van der Waals surface area contributed by atoms with Gasteiger partial charge in [-0.1, -0.05) is 12.8 Å². The first-order valence-corrected chi connectivity index (χ1v) is 8.07. The summed E-state index contributed by atoms with van der Waals surface area (Å²) in [5.74, 6) is 0.597. The minimum absolute atomic E-state index is 0.0491. The SMILES string of the molecule is CC(C)n1ncc(NC(CN)C2CCCC2)c(Br)c1=O. The summed E-state index contributed by atoms with van der Waals surface area (Å²) in [6.45, 7) is 4.45. The monoisotopic (exact) mass is 342 g/mol. The predicted octanol–water partition coefficient (Wildman–Crippen LogP) is 2.52. The van der Waals surface area contributed by atoms with E-state index in [-0.39, 0.29) is 17.6 Å². The van der Waals surface area contributed by atoms with E-state index in [1.165, 1.54) is 30.4 Å². The molecule has 0 aromatic carbocycles. The van der Waals surface area contributed by atoms with Crippen LogP contribution in [0.2, 0.25) is 0 Å². The summed E-state index contributed by atoms with van der Waals surface area (Å²) in [5, 5.41) is 7.62. The average Bonchev–Trinajstić information content (AvgIpc) is 2.94. The normalized spacial score (nSPS) is 17.6. The molecule has 0 spiro atoms. The molecule has 1 aliphatic carbocycles. The number of halogens is 1. The van der Waals surface area contributed by atoms with E-state index in [1.54, 1.807) is 6.20 Å². The summed E-state index contributed by atoms with van der Waals surface area (Å²) in [4.78, 5) is 12.2. The number of nitrogens with one attached hydrogen (secondary N) is 1. The third-order valence-electron chi connectivity index (χ3n) is 4.00. The van der Waals surface area contributed by atoms with E-state index >= 15 is 0 Å². The van der Waals surface area contributed by atoms with Crippen molar-refractivity contribution in [3.63, 3.8) is 0 Å². The number of nitrogens with zero attached hydrogens (tertiary/aromatic N) is 2. The minimum atomic E-state index is -0.104. The third kappa shape index (κ3) is 3.23. The first-order valence-electron chi connectivity index (χ1n) is 7.28. The zero-order valence-corrected chi connectivity index (χ0v) is 13.7. The van der Waals surface area contributed by atoms with Crippen molar-refractivity contribution in [1.29, 1.82) is 0 Å². The molecule has 0 aliphatic heterocycles. The van der Waals surface area contributed by atoms with Gasteiger partial charge < -0.3 is 11.1 Å². The van der Waals surface area contributed by atoms with Crippen LogP contribution in [0.3, 0.4) is 0 Å². The van der Waals surface area contributed by atoms with Crippen LogP contribution in [-0.4, -0.2) is 22.4 Å². The van der Waals surface area contributed by atoms with Crippen LogP contribution in [0.25, 0.3) is 0 Å². The van der Waals surface area contributed by atoms with E-state index in [9.17, 15) is 4.79 Å². The van der Waals surface area contributed by atoms with Crippen LogP contribution < -0.4 is 16.6 Å². The van der Waals surface area contributed by atoms with Crippen LogP contribution in [0.5, 0.6) is 0 Å². The molecule has 20 heavy (non-hydrogen) atoms. The lowest BCUT2D eigenvalue weighted by Gasteiger charge is -2.24. The molecule has 0 radical (unpaired) electrons. The Morgan fingerprint density at radius 1 is 1.50 bits per heavy atom. The van der Waals surface area contributed by atoms with Gasteiger partial charge in [0.05, 0.1) is 17.9 Å². The smallest absolute Gasteiger partial charge is 0.283 e. The van der Waals surface area contributed by atoms with Crippen LogP contribution in [0.4, 0.5) is 5.69 Å². The van der Waals surface area contributed by atoms with Crippen molar-refractivity contribution in [1.82, 2.24) is 9.78 Å². The van der Waals surface area contributed by atoms with Crippen molar-refractivity contribution in [2.24, 2.45) is 11.7 Å². The Hall–Kier alpha value is -0.880. The molecule has 1 fully saturated rings. The molecule has 1 aliphatic rings. The molecular weight excluding hydrogens is 320 g/mol. The highest BCUT2D eigenvalue weighted by Crippen LogP contribution is 2.30. The fourth-order valence-electron chi connectivity index (χ4n) is 2.84. The molecule has 0 amide bonds. The molecule has 1 saturated carbocycles. The summed E-state index contributed by atoms with van der Waals surface area (Å²) in [5.41, 5.74) is 6.53. The van der Waals surface area contributed by atoms with Gasteiger partial charge in [0.1, 0.15) is 4.47 Å². The summed E-state index contributed by atoms with van der Waals surface area (Å²) in [6.07, 6.45) is 6.68. The molecule has 1 aromatic rings. The average molecular weight is 343 g/mol. The maximum Gasteiger partial charge on any atom is 0.283 e. The van der Waals surface area contributed by atoms with Crippen molar-refractivity contribution < 1.29 is 0 Å². The molecule has 5 nitrogen and oxygen atoms in total. The number of aromatic nitrogens is 2. The summed E-state index contributed by atoms with van der Waals surface area (Å²) in [7, 11) is 0. The minimum Gasteiger partial charge on any atom is -0.378 e. The molecule has 1 heterocycles. The number of hydrogen-bond acceptors (Lipinski definition) is 4. The number of hydrogen-bond donors (Lipinski definition) is 2. The van der Waals surface area contributed by atoms with E-state index < -0.39 is 0 Å². The second kappa shape index (κ2) is 6.72. The van der Waals surface area contributed by atoms with E-state index in [1.807, 2.05) is 13.8 Å². The van der Waals surface area contributed by atoms with Gasteiger partial charge in [-0.2, -0.15) is 5.10 Å². The highest BCUT2D eigenvalue weighted by atomic mass is 79.9. The lowest BCUT2D eigenvalue weighted by atomic mass is 9.98. The summed E-state index contributed by atoms with van der Waals surface area (Å²) >= 11 is 3.39. The van der Waals surface area contributed by atoms with Crippen LogP contribution in [0, 0.1) is 5.92 Å². The van der Waals surface area contributed by atoms with E-state index in [4.69, 9.17) is 5.73 Å². The van der Waals surface area contributed by atoms with Crippen molar-refractivity contribution in [2.75, 3.05) is 11.9 Å². The van der Waals surface area contributed by atoms with Gasteiger partial charge in [-0.3, -0.25) is 4.79 Å². The fourth-order valence-corrected chi connectivity index (χ4v) is 3.24. The number of nitrogens with two attached hydrogens (primary N) is 1. The molecule has 112 valence electrons. The van der Waals surface area contributed by atoms with Gasteiger partial charge in [0.25, 0.3) is 5.56 Å². The standard InChI is InChI=1S/C14H23BrN4O/c1-9(2)19-14(20)13(15)12(8-17-19)18-11(7-16)10-5-3-4-6-10/h8-11,18H,3-7,16H2,1-2H3. The Morgan fingerprint density at radius 3 is 2.70 bits per heavy atom. The predicted molar refractivity (Wildman–Crippen MR) is 85.0 cm³/mol. The van der Waals surface area contributed by atoms with Crippen molar-refractivity contribution in [2.45, 2.75) is 51.6 Å². The second-order valence-electron chi connectivity index (χ2n) is 5.75. The summed E-state index contributed by atoms with van der Waals surface area (Å²) < 4.78 is 2.01. The first-order chi connectivity index (χ1) is 9.54. The maximum absolute atomic E-state index is 12.2. The molecule has 1 atom stereocenters. The quantitative estimate of drug-likeness (QED) is 0.862. The molecule has 1 unspecified atom stereocenters. The summed E-state index contributed by atoms with van der Waals surface area (Å²) in [6, 6.07) is 0.262. The molecular formula is C14H23BrN4O. The van der Waals surface area contributed by atoms with Gasteiger partial charge in [0, 0.05) is 12.6 Å². The Morgan fingerprint density at radius 2 is 2.15 bits per heavy atom. The number of rotatable bonds is 5. The Kier molecular flexibility index (Phi) is 5.21. The van der Waals surface area contributed by atoms with Gasteiger partial charge >= 0.3 is 0 Å². The molecule has 6 heteroatoms. The zero-order valence-electron chi connectivity index (χ0n) is 12.1. The topological polar surface area (TPSA) is 72.9 Å². The van der Waals surface area contributed by atoms with Crippen LogP contribution in [-0.2, 0) is 0 Å². The van der Waals surface area contributed by atoms with E-state index in [2.05, 4.69) is 26.3 Å². The highest BCUT2D eigenvalue weighted by Gasteiger charge is 2.25. The molecule has 0 saturated heterocycles. The van der Waals surface area contributed by atoms with Crippen LogP contribution in [0.1, 0.15) is 45.6 Å². The lowest BCUT2D eigenvalue weighted by molar-refractivity contribution is 0.460. The van der Waals surface area contributed by atoms with Crippen molar-refractivity contribution in [3.8, 4) is 0 Å². The number of anilines is 1. The first kappa shape index (κ1) is 15.5. The van der Waals surface area contributed by atoms with Crippen molar-refractivity contribution >= 4 is 21.6 Å². The maximum atomic E-state index is 12.2. The van der Waals surface area contributed by atoms with Gasteiger partial charge in [-0.05, 0) is 48.5 Å². The molecule has 1 aromatic heterocycles. The zero-order chi connectivity index (χ0) is 14.7. The molecule has 2 rings (SSSR count). The largest absolute Gasteiger partial charge is 0.378 e. The fraction of sp³-hybridized carbons (Fsp3) is 0.714. The van der Waals surface area contributed by atoms with Gasteiger partial charge in [-0.15, -0.1) is 0 Å². The highest BCUT2D eigenvalue weighted by molar-refractivity contribution is 9.10. The lowest BCUT2D eigenvalue weighted by Crippen LogP contribution is -2.36.